The number of benzene rings is 2. The van der Waals surface area contributed by atoms with Crippen molar-refractivity contribution >= 4 is 22.9 Å². The lowest BCUT2D eigenvalue weighted by atomic mass is 10.2. The Hall–Kier alpha value is -2.53. The normalized spacial score (nSPS) is 10.6. The molecule has 3 aromatic rings. The number of carbonyl (C=O) groups excluding carboxylic acids is 1. The minimum absolute atomic E-state index is 0.165. The van der Waals surface area contributed by atoms with Crippen molar-refractivity contribution in [2.75, 3.05) is 5.32 Å². The zero-order chi connectivity index (χ0) is 17.1. The SMILES string of the molecule is Cc1ccc(-c2nc(CC(=O)Nc3ccc(C)c(F)c3)cs2)cc1. The summed E-state index contributed by atoms with van der Waals surface area (Å²) in [5.41, 5.74) is 3.95. The minimum Gasteiger partial charge on any atom is -0.326 e. The highest BCUT2D eigenvalue weighted by molar-refractivity contribution is 7.13. The van der Waals surface area contributed by atoms with Gasteiger partial charge in [0, 0.05) is 16.6 Å². The van der Waals surface area contributed by atoms with Crippen LogP contribution in [0.2, 0.25) is 0 Å². The van der Waals surface area contributed by atoms with Crippen molar-refractivity contribution in [3.63, 3.8) is 0 Å². The Labute approximate surface area is 144 Å². The van der Waals surface area contributed by atoms with Crippen molar-refractivity contribution in [3.05, 3.63) is 70.5 Å². The lowest BCUT2D eigenvalue weighted by Gasteiger charge is -2.05. The molecule has 1 aromatic heterocycles. The molecule has 0 aliphatic carbocycles. The van der Waals surface area contributed by atoms with Gasteiger partial charge in [0.1, 0.15) is 10.8 Å². The van der Waals surface area contributed by atoms with E-state index in [0.717, 1.165) is 10.6 Å². The summed E-state index contributed by atoms with van der Waals surface area (Å²) in [6.45, 7) is 3.72. The summed E-state index contributed by atoms with van der Waals surface area (Å²) in [5.74, 6) is -0.540. The quantitative estimate of drug-likeness (QED) is 0.745. The maximum Gasteiger partial charge on any atom is 0.230 e. The fourth-order valence-corrected chi connectivity index (χ4v) is 3.08. The van der Waals surface area contributed by atoms with E-state index in [2.05, 4.69) is 10.3 Å². The lowest BCUT2D eigenvalue weighted by Crippen LogP contribution is -2.14. The van der Waals surface area contributed by atoms with E-state index in [1.165, 1.54) is 23.0 Å². The molecule has 0 aliphatic rings. The van der Waals surface area contributed by atoms with Crippen molar-refractivity contribution in [3.8, 4) is 10.6 Å². The molecule has 3 nitrogen and oxygen atoms in total. The van der Waals surface area contributed by atoms with Crippen LogP contribution in [0, 0.1) is 19.7 Å². The number of aromatic nitrogens is 1. The smallest absolute Gasteiger partial charge is 0.230 e. The van der Waals surface area contributed by atoms with E-state index in [1.54, 1.807) is 19.1 Å². The number of rotatable bonds is 4. The van der Waals surface area contributed by atoms with Gasteiger partial charge < -0.3 is 5.32 Å². The highest BCUT2D eigenvalue weighted by Crippen LogP contribution is 2.24. The molecule has 1 heterocycles. The Kier molecular flexibility index (Phi) is 4.71. The van der Waals surface area contributed by atoms with Crippen LogP contribution < -0.4 is 5.32 Å². The highest BCUT2D eigenvalue weighted by Gasteiger charge is 2.10. The molecule has 0 saturated carbocycles. The van der Waals surface area contributed by atoms with Crippen molar-refractivity contribution in [2.45, 2.75) is 20.3 Å². The molecule has 24 heavy (non-hydrogen) atoms. The van der Waals surface area contributed by atoms with Crippen LogP contribution in [0.4, 0.5) is 10.1 Å². The monoisotopic (exact) mass is 340 g/mol. The van der Waals surface area contributed by atoms with Crippen molar-refractivity contribution in [1.82, 2.24) is 4.98 Å². The van der Waals surface area contributed by atoms with Crippen molar-refractivity contribution in [2.24, 2.45) is 0 Å². The second kappa shape index (κ2) is 6.93. The number of nitrogens with zero attached hydrogens (tertiary/aromatic N) is 1. The van der Waals surface area contributed by atoms with Crippen LogP contribution in [0.5, 0.6) is 0 Å². The fourth-order valence-electron chi connectivity index (χ4n) is 2.26. The molecule has 1 amide bonds. The average molecular weight is 340 g/mol. The van der Waals surface area contributed by atoms with Crippen LogP contribution >= 0.6 is 11.3 Å². The highest BCUT2D eigenvalue weighted by atomic mass is 32.1. The molecule has 5 heteroatoms. The van der Waals surface area contributed by atoms with Crippen molar-refractivity contribution in [1.29, 1.82) is 0 Å². The number of amides is 1. The molecular formula is C19H17FN2OS. The van der Waals surface area contributed by atoms with Gasteiger partial charge in [-0.1, -0.05) is 35.9 Å². The molecule has 0 atom stereocenters. The van der Waals surface area contributed by atoms with E-state index < -0.39 is 0 Å². The summed E-state index contributed by atoms with van der Waals surface area (Å²) in [7, 11) is 0. The largest absolute Gasteiger partial charge is 0.326 e. The topological polar surface area (TPSA) is 42.0 Å². The molecule has 0 unspecified atom stereocenters. The molecule has 122 valence electrons. The Morgan fingerprint density at radius 3 is 2.62 bits per heavy atom. The number of aryl methyl sites for hydroxylation is 2. The van der Waals surface area contributed by atoms with Gasteiger partial charge in [-0.25, -0.2) is 9.37 Å². The van der Waals surface area contributed by atoms with Gasteiger partial charge in [0.2, 0.25) is 5.91 Å². The predicted molar refractivity (Wildman–Crippen MR) is 95.8 cm³/mol. The van der Waals surface area contributed by atoms with Crippen LogP contribution in [-0.2, 0) is 11.2 Å². The summed E-state index contributed by atoms with van der Waals surface area (Å²) >= 11 is 1.51. The average Bonchev–Trinajstić information content (AvgIpc) is 3.00. The third-order valence-electron chi connectivity index (χ3n) is 3.65. The third kappa shape index (κ3) is 3.86. The van der Waals surface area contributed by atoms with E-state index >= 15 is 0 Å². The van der Waals surface area contributed by atoms with Crippen LogP contribution in [0.25, 0.3) is 10.6 Å². The van der Waals surface area contributed by atoms with Crippen LogP contribution in [0.3, 0.4) is 0 Å². The van der Waals surface area contributed by atoms with Gasteiger partial charge in [-0.2, -0.15) is 0 Å². The summed E-state index contributed by atoms with van der Waals surface area (Å²) in [6.07, 6.45) is 0.165. The molecule has 0 bridgehead atoms. The number of hydrogen-bond acceptors (Lipinski definition) is 3. The molecule has 2 aromatic carbocycles. The van der Waals surface area contributed by atoms with Crippen LogP contribution in [0.15, 0.2) is 47.8 Å². The van der Waals surface area contributed by atoms with E-state index in [4.69, 9.17) is 0 Å². The first-order valence-corrected chi connectivity index (χ1v) is 8.46. The summed E-state index contributed by atoms with van der Waals surface area (Å²) < 4.78 is 13.5. The number of nitrogens with one attached hydrogen (secondary N) is 1. The van der Waals surface area contributed by atoms with Crippen molar-refractivity contribution < 1.29 is 9.18 Å². The molecule has 0 saturated heterocycles. The fraction of sp³-hybridized carbons (Fsp3) is 0.158. The molecular weight excluding hydrogens is 323 g/mol. The van der Waals surface area contributed by atoms with E-state index in [0.29, 0.717) is 16.9 Å². The van der Waals surface area contributed by atoms with Gasteiger partial charge in [-0.3, -0.25) is 4.79 Å². The Bertz CT molecular complexity index is 871. The summed E-state index contributed by atoms with van der Waals surface area (Å²) in [5, 5.41) is 5.47. The van der Waals surface area contributed by atoms with Crippen LogP contribution in [0.1, 0.15) is 16.8 Å². The van der Waals surface area contributed by atoms with Gasteiger partial charge in [-0.15, -0.1) is 11.3 Å². The predicted octanol–water partition coefficient (Wildman–Crippen LogP) is 4.75. The van der Waals surface area contributed by atoms with Gasteiger partial charge >= 0.3 is 0 Å². The number of hydrogen-bond donors (Lipinski definition) is 1. The van der Waals surface area contributed by atoms with Crippen LogP contribution in [-0.4, -0.2) is 10.9 Å². The van der Waals surface area contributed by atoms with E-state index in [1.807, 2.05) is 36.6 Å². The van der Waals surface area contributed by atoms with Gasteiger partial charge in [0.05, 0.1) is 12.1 Å². The van der Waals surface area contributed by atoms with Gasteiger partial charge in [0.25, 0.3) is 0 Å². The zero-order valence-electron chi connectivity index (χ0n) is 13.5. The molecule has 0 fully saturated rings. The second-order valence-corrected chi connectivity index (χ2v) is 6.56. The van der Waals surface area contributed by atoms with Gasteiger partial charge in [0.15, 0.2) is 0 Å². The molecule has 0 spiro atoms. The second-order valence-electron chi connectivity index (χ2n) is 5.70. The summed E-state index contributed by atoms with van der Waals surface area (Å²) in [6, 6.07) is 12.8. The lowest BCUT2D eigenvalue weighted by molar-refractivity contribution is -0.115. The van der Waals surface area contributed by atoms with Gasteiger partial charge in [-0.05, 0) is 31.5 Å². The maximum absolute atomic E-state index is 13.5. The number of halogens is 1. The Morgan fingerprint density at radius 1 is 1.17 bits per heavy atom. The standard InChI is InChI=1S/C19H17FN2OS/c1-12-3-6-14(7-4-12)19-22-16(11-24-19)10-18(23)21-15-8-5-13(2)17(20)9-15/h3-9,11H,10H2,1-2H3,(H,21,23). The first-order chi connectivity index (χ1) is 11.5. The zero-order valence-corrected chi connectivity index (χ0v) is 14.3. The molecule has 0 aliphatic heterocycles. The Balaban J connectivity index is 1.66. The summed E-state index contributed by atoms with van der Waals surface area (Å²) in [4.78, 5) is 16.6. The van der Waals surface area contributed by atoms with E-state index in [9.17, 15) is 9.18 Å². The molecule has 3 rings (SSSR count). The number of thiazole rings is 1. The number of carbonyl (C=O) groups is 1. The Morgan fingerprint density at radius 2 is 1.92 bits per heavy atom. The van der Waals surface area contributed by atoms with E-state index in [-0.39, 0.29) is 18.1 Å². The molecule has 1 N–H and O–H groups in total. The minimum atomic E-state index is -0.330. The number of anilines is 1. The first kappa shape index (κ1) is 16.3. The molecule has 0 radical (unpaired) electrons. The maximum atomic E-state index is 13.5. The first-order valence-electron chi connectivity index (χ1n) is 7.59. The third-order valence-corrected chi connectivity index (χ3v) is 4.59.